The molecule has 134 valence electrons. The highest BCUT2D eigenvalue weighted by Crippen LogP contribution is 2.20. The Balaban J connectivity index is 1.79. The number of piperazine rings is 1. The minimum Gasteiger partial charge on any atom is -0.378 e. The smallest absolute Gasteiger partial charge is 0.225 e. The summed E-state index contributed by atoms with van der Waals surface area (Å²) in [5.41, 5.74) is 0. The Hall–Kier alpha value is -0.700. The number of hydrogen-bond donors (Lipinski definition) is 1. The van der Waals surface area contributed by atoms with Crippen LogP contribution in [0.4, 0.5) is 0 Å². The van der Waals surface area contributed by atoms with E-state index in [0.29, 0.717) is 32.1 Å². The zero-order valence-electron chi connectivity index (χ0n) is 14.3. The number of ether oxygens (including phenoxy) is 1. The Morgan fingerprint density at radius 2 is 1.78 bits per heavy atom. The van der Waals surface area contributed by atoms with Crippen molar-refractivity contribution in [3.05, 3.63) is 0 Å². The van der Waals surface area contributed by atoms with Crippen molar-refractivity contribution in [3.63, 3.8) is 0 Å². The predicted octanol–water partition coefficient (Wildman–Crippen LogP) is -0.259. The molecule has 2 fully saturated rings. The molecule has 0 aromatic rings. The van der Waals surface area contributed by atoms with E-state index in [4.69, 9.17) is 4.74 Å². The molecule has 0 bridgehead atoms. The van der Waals surface area contributed by atoms with Gasteiger partial charge in [-0.15, -0.1) is 0 Å². The Morgan fingerprint density at radius 3 is 2.26 bits per heavy atom. The molecule has 0 radical (unpaired) electrons. The number of carbonyl (C=O) groups excluding carboxylic acids is 1. The molecule has 0 aromatic heterocycles. The van der Waals surface area contributed by atoms with Crippen LogP contribution in [0.15, 0.2) is 0 Å². The van der Waals surface area contributed by atoms with Gasteiger partial charge in [0.25, 0.3) is 0 Å². The van der Waals surface area contributed by atoms with Gasteiger partial charge in [0, 0.05) is 32.1 Å². The minimum atomic E-state index is -3.30. The van der Waals surface area contributed by atoms with Crippen molar-refractivity contribution in [2.75, 3.05) is 51.6 Å². The van der Waals surface area contributed by atoms with Gasteiger partial charge < -0.3 is 15.0 Å². The minimum absolute atomic E-state index is 0.00325. The number of nitrogens with one attached hydrogen (secondary N) is 1. The van der Waals surface area contributed by atoms with Gasteiger partial charge in [-0.25, -0.2) is 8.42 Å². The van der Waals surface area contributed by atoms with Gasteiger partial charge >= 0.3 is 0 Å². The molecule has 1 atom stereocenters. The molecule has 0 aliphatic carbocycles. The van der Waals surface area contributed by atoms with Crippen molar-refractivity contribution in [2.45, 2.75) is 26.9 Å². The molecule has 2 saturated heterocycles. The predicted molar refractivity (Wildman–Crippen MR) is 88.6 cm³/mol. The topological polar surface area (TPSA) is 79.0 Å². The van der Waals surface area contributed by atoms with E-state index >= 15 is 0 Å². The quantitative estimate of drug-likeness (QED) is 0.686. The van der Waals surface area contributed by atoms with E-state index in [1.807, 2.05) is 20.8 Å². The fourth-order valence-electron chi connectivity index (χ4n) is 2.86. The first-order valence-electron chi connectivity index (χ1n) is 8.40. The molecule has 8 heteroatoms. The average molecular weight is 347 g/mol. The standard InChI is InChI=1S/C15H29N3O4S/c1-12(2)22-8-9-23(20,21)18-6-4-17(5-7-18)15(19)13(3)14-10-16-11-14/h12-14,16H,4-11H2,1-3H3. The lowest BCUT2D eigenvalue weighted by Crippen LogP contribution is -2.55. The summed E-state index contributed by atoms with van der Waals surface area (Å²) in [6.45, 7) is 9.48. The number of rotatable bonds is 7. The van der Waals surface area contributed by atoms with Crippen LogP contribution in [-0.4, -0.2) is 81.3 Å². The second-order valence-electron chi connectivity index (χ2n) is 6.67. The largest absolute Gasteiger partial charge is 0.378 e. The number of carbonyl (C=O) groups is 1. The zero-order chi connectivity index (χ0) is 17.0. The summed E-state index contributed by atoms with van der Waals surface area (Å²) in [5, 5.41) is 3.18. The Morgan fingerprint density at radius 1 is 1.17 bits per heavy atom. The summed E-state index contributed by atoms with van der Waals surface area (Å²) >= 11 is 0. The molecule has 1 N–H and O–H groups in total. The molecular weight excluding hydrogens is 318 g/mol. The Bertz CT molecular complexity index is 497. The molecule has 0 spiro atoms. The summed E-state index contributed by atoms with van der Waals surface area (Å²) in [7, 11) is -3.30. The van der Waals surface area contributed by atoms with Crippen molar-refractivity contribution in [2.24, 2.45) is 11.8 Å². The second-order valence-corrected chi connectivity index (χ2v) is 8.76. The molecule has 2 rings (SSSR count). The van der Waals surface area contributed by atoms with Crippen molar-refractivity contribution in [3.8, 4) is 0 Å². The van der Waals surface area contributed by atoms with Crippen LogP contribution < -0.4 is 5.32 Å². The highest BCUT2D eigenvalue weighted by molar-refractivity contribution is 7.89. The lowest BCUT2D eigenvalue weighted by molar-refractivity contribution is -0.138. The van der Waals surface area contributed by atoms with Gasteiger partial charge in [-0.2, -0.15) is 4.31 Å². The van der Waals surface area contributed by atoms with E-state index in [1.54, 1.807) is 4.90 Å². The third-order valence-corrected chi connectivity index (χ3v) is 6.48. The van der Waals surface area contributed by atoms with Gasteiger partial charge in [0.05, 0.1) is 18.5 Å². The first-order chi connectivity index (χ1) is 10.8. The van der Waals surface area contributed by atoms with Crippen LogP contribution in [0.25, 0.3) is 0 Å². The van der Waals surface area contributed by atoms with Crippen molar-refractivity contribution in [1.29, 1.82) is 0 Å². The molecule has 1 unspecified atom stereocenters. The van der Waals surface area contributed by atoms with Crippen LogP contribution in [0.2, 0.25) is 0 Å². The summed E-state index contributed by atoms with van der Waals surface area (Å²) in [6.07, 6.45) is 0.0298. The van der Waals surface area contributed by atoms with Crippen LogP contribution in [-0.2, 0) is 19.6 Å². The first-order valence-corrected chi connectivity index (χ1v) is 10.0. The maximum absolute atomic E-state index is 12.4. The van der Waals surface area contributed by atoms with Crippen LogP contribution >= 0.6 is 0 Å². The highest BCUT2D eigenvalue weighted by Gasteiger charge is 2.34. The summed E-state index contributed by atoms with van der Waals surface area (Å²) in [6, 6.07) is 0. The molecular formula is C15H29N3O4S. The van der Waals surface area contributed by atoms with Crippen LogP contribution in [0.3, 0.4) is 0 Å². The van der Waals surface area contributed by atoms with Gasteiger partial charge in [-0.1, -0.05) is 6.92 Å². The van der Waals surface area contributed by atoms with Gasteiger partial charge in [0.15, 0.2) is 0 Å². The SMILES string of the molecule is CC(C)OCCS(=O)(=O)N1CCN(C(=O)C(C)C2CNC2)CC1. The van der Waals surface area contributed by atoms with E-state index < -0.39 is 10.0 Å². The van der Waals surface area contributed by atoms with Gasteiger partial charge in [0.1, 0.15) is 0 Å². The molecule has 2 aliphatic rings. The Kier molecular flexibility index (Phi) is 6.41. The third-order valence-electron chi connectivity index (χ3n) is 4.65. The number of sulfonamides is 1. The third kappa shape index (κ3) is 4.89. The first kappa shape index (κ1) is 18.6. The summed E-state index contributed by atoms with van der Waals surface area (Å²) in [5.74, 6) is 0.580. The second kappa shape index (κ2) is 7.92. The van der Waals surface area contributed by atoms with Crippen molar-refractivity contribution >= 4 is 15.9 Å². The van der Waals surface area contributed by atoms with E-state index in [0.717, 1.165) is 13.1 Å². The summed E-state index contributed by atoms with van der Waals surface area (Å²) < 4.78 is 31.4. The van der Waals surface area contributed by atoms with E-state index in [9.17, 15) is 13.2 Å². The van der Waals surface area contributed by atoms with Crippen LogP contribution in [0, 0.1) is 11.8 Å². The fraction of sp³-hybridized carbons (Fsp3) is 0.933. The fourth-order valence-corrected chi connectivity index (χ4v) is 4.14. The number of amides is 1. The van der Waals surface area contributed by atoms with Crippen LogP contribution in [0.1, 0.15) is 20.8 Å². The normalized spacial score (nSPS) is 22.2. The zero-order valence-corrected chi connectivity index (χ0v) is 15.1. The van der Waals surface area contributed by atoms with Crippen LogP contribution in [0.5, 0.6) is 0 Å². The highest BCUT2D eigenvalue weighted by atomic mass is 32.2. The van der Waals surface area contributed by atoms with Crippen molar-refractivity contribution < 1.29 is 17.9 Å². The van der Waals surface area contributed by atoms with E-state index in [2.05, 4.69) is 5.32 Å². The molecule has 0 aromatic carbocycles. The van der Waals surface area contributed by atoms with Gasteiger partial charge in [-0.3, -0.25) is 4.79 Å². The van der Waals surface area contributed by atoms with E-state index in [-0.39, 0.29) is 30.3 Å². The number of nitrogens with zero attached hydrogens (tertiary/aromatic N) is 2. The lowest BCUT2D eigenvalue weighted by atomic mass is 9.88. The van der Waals surface area contributed by atoms with Gasteiger partial charge in [-0.05, 0) is 32.9 Å². The lowest BCUT2D eigenvalue weighted by Gasteiger charge is -2.38. The van der Waals surface area contributed by atoms with E-state index in [1.165, 1.54) is 4.31 Å². The molecule has 1 amide bonds. The molecule has 23 heavy (non-hydrogen) atoms. The molecule has 7 nitrogen and oxygen atoms in total. The summed E-state index contributed by atoms with van der Waals surface area (Å²) in [4.78, 5) is 14.3. The molecule has 0 saturated carbocycles. The Labute approximate surface area is 139 Å². The number of hydrogen-bond acceptors (Lipinski definition) is 5. The van der Waals surface area contributed by atoms with Gasteiger partial charge in [0.2, 0.25) is 15.9 Å². The maximum atomic E-state index is 12.4. The molecule has 2 aliphatic heterocycles. The van der Waals surface area contributed by atoms with Crippen molar-refractivity contribution in [1.82, 2.24) is 14.5 Å². The maximum Gasteiger partial charge on any atom is 0.225 e. The average Bonchev–Trinajstić information content (AvgIpc) is 2.44. The monoisotopic (exact) mass is 347 g/mol. The molecule has 2 heterocycles.